The van der Waals surface area contributed by atoms with Crippen LogP contribution in [-0.2, 0) is 25.7 Å². The predicted octanol–water partition coefficient (Wildman–Crippen LogP) is -0.0658. The first-order valence-electron chi connectivity index (χ1n) is 5.74. The van der Waals surface area contributed by atoms with Crippen LogP contribution >= 0.6 is 0 Å². The summed E-state index contributed by atoms with van der Waals surface area (Å²) in [6, 6.07) is 9.26. The normalized spacial score (nSPS) is 9.53. The highest BCUT2D eigenvalue weighted by Gasteiger charge is 2.13. The summed E-state index contributed by atoms with van der Waals surface area (Å²) >= 11 is 0. The van der Waals surface area contributed by atoms with Crippen molar-refractivity contribution in [1.82, 2.24) is 10.2 Å². The van der Waals surface area contributed by atoms with Gasteiger partial charge in [0.15, 0.2) is 0 Å². The van der Waals surface area contributed by atoms with E-state index in [0.717, 1.165) is 5.56 Å². The molecule has 6 heteroatoms. The van der Waals surface area contributed by atoms with Gasteiger partial charge in [0.1, 0.15) is 13.2 Å². The second kappa shape index (κ2) is 7.86. The summed E-state index contributed by atoms with van der Waals surface area (Å²) in [5.74, 6) is -0.852. The van der Waals surface area contributed by atoms with Crippen molar-refractivity contribution >= 4 is 18.3 Å². The average molecular weight is 264 g/mol. The highest BCUT2D eigenvalue weighted by Crippen LogP contribution is 2.01. The van der Waals surface area contributed by atoms with Gasteiger partial charge in [-0.1, -0.05) is 30.3 Å². The standard InChI is InChI=1S/C13H16N2O4/c1-15(12(17)7-14-10-16)8-13(18)19-9-11-5-3-2-4-6-11/h2-6,10H,7-9H2,1H3,(H,14,16). The van der Waals surface area contributed by atoms with E-state index in [2.05, 4.69) is 5.32 Å². The van der Waals surface area contributed by atoms with Gasteiger partial charge in [0.25, 0.3) is 0 Å². The number of hydrogen-bond donors (Lipinski definition) is 1. The van der Waals surface area contributed by atoms with Gasteiger partial charge in [-0.3, -0.25) is 14.4 Å². The lowest BCUT2D eigenvalue weighted by Gasteiger charge is -2.15. The van der Waals surface area contributed by atoms with Crippen LogP contribution in [0.5, 0.6) is 0 Å². The monoisotopic (exact) mass is 264 g/mol. The number of likely N-dealkylation sites (N-methyl/N-ethyl adjacent to an activating group) is 1. The molecular formula is C13H16N2O4. The lowest BCUT2D eigenvalue weighted by Crippen LogP contribution is -2.38. The molecule has 0 saturated carbocycles. The lowest BCUT2D eigenvalue weighted by atomic mass is 10.2. The van der Waals surface area contributed by atoms with Gasteiger partial charge >= 0.3 is 5.97 Å². The van der Waals surface area contributed by atoms with Crippen LogP contribution in [0.1, 0.15) is 5.56 Å². The molecule has 0 aliphatic rings. The summed E-state index contributed by atoms with van der Waals surface area (Å²) in [5.41, 5.74) is 0.882. The van der Waals surface area contributed by atoms with Crippen LogP contribution in [0.4, 0.5) is 0 Å². The third-order valence-electron chi connectivity index (χ3n) is 2.37. The minimum atomic E-state index is -0.495. The topological polar surface area (TPSA) is 75.7 Å². The number of carbonyl (C=O) groups excluding carboxylic acids is 3. The molecule has 1 aromatic rings. The summed E-state index contributed by atoms with van der Waals surface area (Å²) in [5, 5.41) is 2.24. The van der Waals surface area contributed by atoms with Gasteiger partial charge in [-0.05, 0) is 5.56 Å². The van der Waals surface area contributed by atoms with Gasteiger partial charge in [0, 0.05) is 7.05 Å². The number of carbonyl (C=O) groups is 3. The molecule has 0 spiro atoms. The van der Waals surface area contributed by atoms with E-state index in [0.29, 0.717) is 6.41 Å². The summed E-state index contributed by atoms with van der Waals surface area (Å²) in [4.78, 5) is 34.1. The third-order valence-corrected chi connectivity index (χ3v) is 2.37. The number of esters is 1. The van der Waals surface area contributed by atoms with Crippen molar-refractivity contribution in [3.05, 3.63) is 35.9 Å². The SMILES string of the molecule is CN(CC(=O)OCc1ccccc1)C(=O)CNC=O. The number of nitrogens with one attached hydrogen (secondary N) is 1. The number of amides is 2. The molecule has 2 amide bonds. The van der Waals surface area contributed by atoms with Crippen LogP contribution in [-0.4, -0.2) is 43.3 Å². The molecule has 0 aliphatic carbocycles. The van der Waals surface area contributed by atoms with Crippen molar-refractivity contribution in [3.8, 4) is 0 Å². The number of nitrogens with zero attached hydrogens (tertiary/aromatic N) is 1. The highest BCUT2D eigenvalue weighted by molar-refractivity contribution is 5.84. The Hall–Kier alpha value is -2.37. The summed E-state index contributed by atoms with van der Waals surface area (Å²) in [6.45, 7) is -0.105. The molecule has 0 saturated heterocycles. The maximum atomic E-state index is 11.5. The zero-order chi connectivity index (χ0) is 14.1. The van der Waals surface area contributed by atoms with Crippen molar-refractivity contribution in [2.75, 3.05) is 20.1 Å². The van der Waals surface area contributed by atoms with Crippen LogP contribution in [0.15, 0.2) is 30.3 Å². The predicted molar refractivity (Wildman–Crippen MR) is 67.9 cm³/mol. The zero-order valence-corrected chi connectivity index (χ0v) is 10.7. The largest absolute Gasteiger partial charge is 0.459 e. The summed E-state index contributed by atoms with van der Waals surface area (Å²) < 4.78 is 5.03. The number of rotatable bonds is 7. The Morgan fingerprint density at radius 1 is 1.32 bits per heavy atom. The molecule has 6 nitrogen and oxygen atoms in total. The maximum absolute atomic E-state index is 11.5. The first-order chi connectivity index (χ1) is 9.13. The Morgan fingerprint density at radius 2 is 2.00 bits per heavy atom. The summed E-state index contributed by atoms with van der Waals surface area (Å²) in [6.07, 6.45) is 0.430. The van der Waals surface area contributed by atoms with Crippen LogP contribution in [0.25, 0.3) is 0 Å². The number of benzene rings is 1. The van der Waals surface area contributed by atoms with Gasteiger partial charge in [-0.2, -0.15) is 0 Å². The highest BCUT2D eigenvalue weighted by atomic mass is 16.5. The molecule has 102 valence electrons. The van der Waals surface area contributed by atoms with E-state index in [-0.39, 0.29) is 25.6 Å². The molecule has 0 fully saturated rings. The second-order valence-corrected chi connectivity index (χ2v) is 3.89. The van der Waals surface area contributed by atoms with Crippen LogP contribution in [0.3, 0.4) is 0 Å². The quantitative estimate of drug-likeness (QED) is 0.552. The fourth-order valence-corrected chi connectivity index (χ4v) is 1.33. The van der Waals surface area contributed by atoms with Crippen molar-refractivity contribution in [2.45, 2.75) is 6.61 Å². The van der Waals surface area contributed by atoms with Crippen LogP contribution < -0.4 is 5.32 Å². The van der Waals surface area contributed by atoms with Crippen molar-refractivity contribution in [2.24, 2.45) is 0 Å². The molecule has 0 radical (unpaired) electrons. The third kappa shape index (κ3) is 5.67. The smallest absolute Gasteiger partial charge is 0.325 e. The van der Waals surface area contributed by atoms with Gasteiger partial charge in [0.2, 0.25) is 12.3 Å². The molecule has 0 atom stereocenters. The van der Waals surface area contributed by atoms with Crippen molar-refractivity contribution in [1.29, 1.82) is 0 Å². The molecule has 0 unspecified atom stereocenters. The van der Waals surface area contributed by atoms with E-state index in [1.165, 1.54) is 11.9 Å². The average Bonchev–Trinajstić information content (AvgIpc) is 2.43. The van der Waals surface area contributed by atoms with E-state index in [1.807, 2.05) is 30.3 Å². The molecule has 19 heavy (non-hydrogen) atoms. The van der Waals surface area contributed by atoms with Crippen molar-refractivity contribution in [3.63, 3.8) is 0 Å². The molecule has 0 aromatic heterocycles. The Balaban J connectivity index is 2.30. The molecule has 1 rings (SSSR count). The Morgan fingerprint density at radius 3 is 2.63 bits per heavy atom. The molecule has 1 N–H and O–H groups in total. The second-order valence-electron chi connectivity index (χ2n) is 3.89. The molecule has 0 aliphatic heterocycles. The fourth-order valence-electron chi connectivity index (χ4n) is 1.33. The maximum Gasteiger partial charge on any atom is 0.325 e. The summed E-state index contributed by atoms with van der Waals surface area (Å²) in [7, 11) is 1.47. The van der Waals surface area contributed by atoms with E-state index in [9.17, 15) is 14.4 Å². The minimum Gasteiger partial charge on any atom is -0.459 e. The van der Waals surface area contributed by atoms with Gasteiger partial charge in [-0.25, -0.2) is 0 Å². The van der Waals surface area contributed by atoms with Gasteiger partial charge < -0.3 is 15.0 Å². The number of hydrogen-bond acceptors (Lipinski definition) is 4. The van der Waals surface area contributed by atoms with E-state index < -0.39 is 5.97 Å². The fraction of sp³-hybridized carbons (Fsp3) is 0.308. The first-order valence-corrected chi connectivity index (χ1v) is 5.74. The Kier molecular flexibility index (Phi) is 6.08. The molecular weight excluding hydrogens is 248 g/mol. The van der Waals surface area contributed by atoms with E-state index in [1.54, 1.807) is 0 Å². The van der Waals surface area contributed by atoms with Gasteiger partial charge in [-0.15, -0.1) is 0 Å². The minimum absolute atomic E-state index is 0.133. The van der Waals surface area contributed by atoms with E-state index >= 15 is 0 Å². The lowest BCUT2D eigenvalue weighted by molar-refractivity contribution is -0.149. The molecule has 0 heterocycles. The van der Waals surface area contributed by atoms with E-state index in [4.69, 9.17) is 4.74 Å². The zero-order valence-electron chi connectivity index (χ0n) is 10.7. The van der Waals surface area contributed by atoms with Crippen molar-refractivity contribution < 1.29 is 19.1 Å². The molecule has 0 bridgehead atoms. The Labute approximate surface area is 111 Å². The van der Waals surface area contributed by atoms with Crippen LogP contribution in [0, 0.1) is 0 Å². The Bertz CT molecular complexity index is 434. The number of ether oxygens (including phenoxy) is 1. The molecule has 1 aromatic carbocycles. The van der Waals surface area contributed by atoms with Gasteiger partial charge in [0.05, 0.1) is 6.54 Å². The van der Waals surface area contributed by atoms with Crippen LogP contribution in [0.2, 0.25) is 0 Å². The first kappa shape index (κ1) is 14.7.